The zero-order valence-electron chi connectivity index (χ0n) is 14.4. The van der Waals surface area contributed by atoms with E-state index in [4.69, 9.17) is 11.6 Å². The van der Waals surface area contributed by atoms with E-state index >= 15 is 0 Å². The molecule has 1 heterocycles. The van der Waals surface area contributed by atoms with Gasteiger partial charge in [0.05, 0.1) is 5.02 Å². The third-order valence-electron chi connectivity index (χ3n) is 4.42. The largest absolute Gasteiger partial charge is 0.378 e. The summed E-state index contributed by atoms with van der Waals surface area (Å²) in [5, 5.41) is 0.268. The predicted octanol–water partition coefficient (Wildman–Crippen LogP) is 2.92. The van der Waals surface area contributed by atoms with Crippen LogP contribution in [0.2, 0.25) is 5.02 Å². The third kappa shape index (κ3) is 3.76. The SMILES string of the molecule is CN(C)c1ccc(N2CCN(S(=O)(=O)c3ccccc3Cl)CC2)cc1. The summed E-state index contributed by atoms with van der Waals surface area (Å²) in [6.07, 6.45) is 0. The lowest BCUT2D eigenvalue weighted by Crippen LogP contribution is -2.48. The molecular formula is C18H22ClN3O2S. The maximum atomic E-state index is 12.8. The quantitative estimate of drug-likeness (QED) is 0.819. The molecule has 1 aliphatic rings. The van der Waals surface area contributed by atoms with Gasteiger partial charge in [0.1, 0.15) is 4.90 Å². The average Bonchev–Trinajstić information content (AvgIpc) is 2.62. The Labute approximate surface area is 154 Å². The highest BCUT2D eigenvalue weighted by Crippen LogP contribution is 2.26. The lowest BCUT2D eigenvalue weighted by molar-refractivity contribution is 0.385. The fourth-order valence-electron chi connectivity index (χ4n) is 2.94. The number of benzene rings is 2. The van der Waals surface area contributed by atoms with Crippen molar-refractivity contribution >= 4 is 33.0 Å². The monoisotopic (exact) mass is 379 g/mol. The summed E-state index contributed by atoms with van der Waals surface area (Å²) in [6, 6.07) is 14.9. The fourth-order valence-corrected chi connectivity index (χ4v) is 4.86. The molecule has 2 aromatic carbocycles. The molecule has 0 saturated carbocycles. The van der Waals surface area contributed by atoms with Gasteiger partial charge in [-0.3, -0.25) is 0 Å². The van der Waals surface area contributed by atoms with Crippen LogP contribution in [-0.2, 0) is 10.0 Å². The highest BCUT2D eigenvalue weighted by Gasteiger charge is 2.29. The van der Waals surface area contributed by atoms with Gasteiger partial charge in [-0.1, -0.05) is 23.7 Å². The summed E-state index contributed by atoms with van der Waals surface area (Å²) in [5.74, 6) is 0. The fraction of sp³-hybridized carbons (Fsp3) is 0.333. The molecule has 1 aliphatic heterocycles. The van der Waals surface area contributed by atoms with E-state index in [0.29, 0.717) is 26.2 Å². The molecule has 1 fully saturated rings. The van der Waals surface area contributed by atoms with E-state index in [-0.39, 0.29) is 9.92 Å². The predicted molar refractivity (Wildman–Crippen MR) is 103 cm³/mol. The Morgan fingerprint density at radius 3 is 2.08 bits per heavy atom. The summed E-state index contributed by atoms with van der Waals surface area (Å²) in [6.45, 7) is 2.21. The first-order chi connectivity index (χ1) is 11.9. The van der Waals surface area contributed by atoms with Crippen molar-refractivity contribution < 1.29 is 8.42 Å². The van der Waals surface area contributed by atoms with Gasteiger partial charge in [-0.25, -0.2) is 8.42 Å². The second-order valence-electron chi connectivity index (χ2n) is 6.23. The molecule has 0 N–H and O–H groups in total. The van der Waals surface area contributed by atoms with Crippen LogP contribution in [0.1, 0.15) is 0 Å². The standard InChI is InChI=1S/C18H22ClN3O2S/c1-20(2)15-7-9-16(10-8-15)21-11-13-22(14-12-21)25(23,24)18-6-4-3-5-17(18)19/h3-10H,11-14H2,1-2H3. The van der Waals surface area contributed by atoms with Crippen LogP contribution in [-0.4, -0.2) is 53.0 Å². The van der Waals surface area contributed by atoms with Gasteiger partial charge in [-0.05, 0) is 36.4 Å². The number of nitrogens with zero attached hydrogens (tertiary/aromatic N) is 3. The Morgan fingerprint density at radius 2 is 1.52 bits per heavy atom. The summed E-state index contributed by atoms with van der Waals surface area (Å²) >= 11 is 6.07. The maximum absolute atomic E-state index is 12.8. The molecule has 0 aliphatic carbocycles. The number of sulfonamides is 1. The Balaban J connectivity index is 1.70. The minimum absolute atomic E-state index is 0.181. The van der Waals surface area contributed by atoms with E-state index in [1.807, 2.05) is 14.1 Å². The number of hydrogen-bond acceptors (Lipinski definition) is 4. The van der Waals surface area contributed by atoms with Crippen molar-refractivity contribution in [3.8, 4) is 0 Å². The van der Waals surface area contributed by atoms with Crippen molar-refractivity contribution in [1.29, 1.82) is 0 Å². The Kier molecular flexibility index (Phi) is 5.22. The lowest BCUT2D eigenvalue weighted by atomic mass is 10.2. The Bertz CT molecular complexity index is 830. The van der Waals surface area contributed by atoms with Gasteiger partial charge in [0, 0.05) is 51.6 Å². The average molecular weight is 380 g/mol. The second-order valence-corrected chi connectivity index (χ2v) is 8.55. The first-order valence-corrected chi connectivity index (χ1v) is 9.98. The third-order valence-corrected chi connectivity index (χ3v) is 6.82. The Morgan fingerprint density at radius 1 is 0.920 bits per heavy atom. The molecule has 0 radical (unpaired) electrons. The summed E-state index contributed by atoms with van der Waals surface area (Å²) < 4.78 is 27.1. The number of anilines is 2. The zero-order valence-corrected chi connectivity index (χ0v) is 16.0. The normalized spacial score (nSPS) is 16.0. The van der Waals surface area contributed by atoms with Crippen molar-refractivity contribution in [2.45, 2.75) is 4.90 Å². The van der Waals surface area contributed by atoms with Crippen LogP contribution in [0, 0.1) is 0 Å². The van der Waals surface area contributed by atoms with Crippen LogP contribution in [0.3, 0.4) is 0 Å². The summed E-state index contributed by atoms with van der Waals surface area (Å²) in [4.78, 5) is 4.44. The molecule has 0 amide bonds. The smallest absolute Gasteiger partial charge is 0.244 e. The molecule has 3 rings (SSSR count). The molecule has 1 saturated heterocycles. The molecule has 25 heavy (non-hydrogen) atoms. The van der Waals surface area contributed by atoms with Gasteiger partial charge in [0.25, 0.3) is 0 Å². The van der Waals surface area contributed by atoms with E-state index in [1.165, 1.54) is 4.31 Å². The molecule has 134 valence electrons. The van der Waals surface area contributed by atoms with E-state index < -0.39 is 10.0 Å². The van der Waals surface area contributed by atoms with Gasteiger partial charge in [-0.15, -0.1) is 0 Å². The van der Waals surface area contributed by atoms with Gasteiger partial charge >= 0.3 is 0 Å². The van der Waals surface area contributed by atoms with Crippen molar-refractivity contribution in [2.75, 3.05) is 50.1 Å². The Hall–Kier alpha value is -1.76. The van der Waals surface area contributed by atoms with E-state index in [2.05, 4.69) is 34.1 Å². The minimum atomic E-state index is -3.55. The molecule has 0 atom stereocenters. The number of halogens is 1. The number of rotatable bonds is 4. The molecular weight excluding hydrogens is 358 g/mol. The van der Waals surface area contributed by atoms with Gasteiger partial charge in [-0.2, -0.15) is 4.31 Å². The summed E-state index contributed by atoms with van der Waals surface area (Å²) in [7, 11) is 0.466. The van der Waals surface area contributed by atoms with Crippen molar-refractivity contribution in [1.82, 2.24) is 4.31 Å². The van der Waals surface area contributed by atoms with Crippen LogP contribution in [0.5, 0.6) is 0 Å². The van der Waals surface area contributed by atoms with Crippen molar-refractivity contribution in [3.05, 3.63) is 53.6 Å². The van der Waals surface area contributed by atoms with Crippen molar-refractivity contribution in [2.24, 2.45) is 0 Å². The summed E-state index contributed by atoms with van der Waals surface area (Å²) in [5.41, 5.74) is 2.25. The van der Waals surface area contributed by atoms with Gasteiger partial charge < -0.3 is 9.80 Å². The van der Waals surface area contributed by atoms with E-state index in [0.717, 1.165) is 11.4 Å². The van der Waals surface area contributed by atoms with Crippen LogP contribution in [0.25, 0.3) is 0 Å². The molecule has 5 nitrogen and oxygen atoms in total. The zero-order chi connectivity index (χ0) is 18.0. The second kappa shape index (κ2) is 7.23. The lowest BCUT2D eigenvalue weighted by Gasteiger charge is -2.35. The molecule has 2 aromatic rings. The van der Waals surface area contributed by atoms with Crippen molar-refractivity contribution in [3.63, 3.8) is 0 Å². The number of piperazine rings is 1. The van der Waals surface area contributed by atoms with E-state index in [1.54, 1.807) is 24.3 Å². The highest BCUT2D eigenvalue weighted by molar-refractivity contribution is 7.89. The van der Waals surface area contributed by atoms with Gasteiger partial charge in [0.15, 0.2) is 0 Å². The van der Waals surface area contributed by atoms with Gasteiger partial charge in [0.2, 0.25) is 10.0 Å². The first-order valence-electron chi connectivity index (χ1n) is 8.16. The molecule has 0 aromatic heterocycles. The first kappa shape index (κ1) is 18.0. The van der Waals surface area contributed by atoms with Crippen LogP contribution in [0.4, 0.5) is 11.4 Å². The molecule has 7 heteroatoms. The highest BCUT2D eigenvalue weighted by atomic mass is 35.5. The number of hydrogen-bond donors (Lipinski definition) is 0. The van der Waals surface area contributed by atoms with E-state index in [9.17, 15) is 8.42 Å². The topological polar surface area (TPSA) is 43.9 Å². The molecule has 0 spiro atoms. The maximum Gasteiger partial charge on any atom is 0.244 e. The van der Waals surface area contributed by atoms with Crippen LogP contribution < -0.4 is 9.80 Å². The molecule has 0 unspecified atom stereocenters. The molecule has 0 bridgehead atoms. The van der Waals surface area contributed by atoms with Crippen LogP contribution >= 0.6 is 11.6 Å². The van der Waals surface area contributed by atoms with Crippen LogP contribution in [0.15, 0.2) is 53.4 Å². The minimum Gasteiger partial charge on any atom is -0.378 e.